The second-order valence-corrected chi connectivity index (χ2v) is 16.0. The fourth-order valence-corrected chi connectivity index (χ4v) is 6.43. The molecule has 0 saturated heterocycles. The van der Waals surface area contributed by atoms with E-state index >= 15 is 0 Å². The SMILES string of the molecule is CC/C=C\C/C=C\C/C=C\CCCCCCCCC(=O)OC(COC(=O)CCCC/C=C\C/C=C\CC)COC(=O)CCCCCCC\C=C/C=C\C=C/CCCCCCC. The lowest BCUT2D eigenvalue weighted by Crippen LogP contribution is -2.30. The molecule has 0 aliphatic carbocycles. The van der Waals surface area contributed by atoms with Crippen molar-refractivity contribution in [3.8, 4) is 0 Å². The van der Waals surface area contributed by atoms with Crippen molar-refractivity contribution in [2.24, 2.45) is 0 Å². The van der Waals surface area contributed by atoms with E-state index in [-0.39, 0.29) is 31.1 Å². The fraction of sp³-hybridized carbons (Fsp3) is 0.655. The molecule has 1 unspecified atom stereocenters. The number of unbranched alkanes of at least 4 members (excludes halogenated alkanes) is 18. The van der Waals surface area contributed by atoms with Gasteiger partial charge in [0.15, 0.2) is 6.10 Å². The van der Waals surface area contributed by atoms with Crippen LogP contribution in [0.5, 0.6) is 0 Å². The molecule has 6 heteroatoms. The van der Waals surface area contributed by atoms with Crippen molar-refractivity contribution >= 4 is 17.9 Å². The van der Waals surface area contributed by atoms with Gasteiger partial charge in [-0.3, -0.25) is 14.4 Å². The van der Waals surface area contributed by atoms with E-state index in [0.717, 1.165) is 128 Å². The van der Waals surface area contributed by atoms with Crippen LogP contribution in [0.1, 0.15) is 213 Å². The Kier molecular flexibility index (Phi) is 46.0. The second-order valence-electron chi connectivity index (χ2n) is 16.0. The number of hydrogen-bond acceptors (Lipinski definition) is 6. The van der Waals surface area contributed by atoms with Crippen LogP contribution in [-0.4, -0.2) is 37.2 Å². The maximum absolute atomic E-state index is 12.8. The molecule has 0 rings (SSSR count). The van der Waals surface area contributed by atoms with Gasteiger partial charge in [-0.05, 0) is 103 Å². The molecule has 0 heterocycles. The summed E-state index contributed by atoms with van der Waals surface area (Å²) in [4.78, 5) is 37.8. The Balaban J connectivity index is 4.43. The average molecular weight is 847 g/mol. The van der Waals surface area contributed by atoms with E-state index in [4.69, 9.17) is 14.2 Å². The van der Waals surface area contributed by atoms with Crippen LogP contribution in [0.25, 0.3) is 0 Å². The van der Waals surface area contributed by atoms with Crippen molar-refractivity contribution in [3.63, 3.8) is 0 Å². The molecule has 0 aromatic rings. The standard InChI is InChI=1S/C55H90O6/c1-4-7-10-13-16-19-21-23-25-27-28-30-31-33-36-39-42-45-48-54(57)60-51-52(50-59-53(56)47-44-41-38-35-18-15-12-9-6-3)61-55(58)49-46-43-40-37-34-32-29-26-24-22-20-17-14-11-8-5-2/h8-9,11-12,17-18,20-21,23-28,30,35,52H,4-7,10,13-16,19,22,29,31-34,36-51H2,1-3H3/b11-8-,12-9-,20-17-,23-21-,26-24-,27-25-,30-28-,35-18-. The van der Waals surface area contributed by atoms with Crippen LogP contribution in [-0.2, 0) is 28.6 Å². The van der Waals surface area contributed by atoms with Gasteiger partial charge in [-0.25, -0.2) is 0 Å². The van der Waals surface area contributed by atoms with Gasteiger partial charge in [0.25, 0.3) is 0 Å². The summed E-state index contributed by atoms with van der Waals surface area (Å²) in [6, 6.07) is 0. The third-order valence-electron chi connectivity index (χ3n) is 10.1. The molecular weight excluding hydrogens is 757 g/mol. The quantitative estimate of drug-likeness (QED) is 0.0200. The fourth-order valence-electron chi connectivity index (χ4n) is 6.43. The summed E-state index contributed by atoms with van der Waals surface area (Å²) in [6.45, 7) is 6.31. The van der Waals surface area contributed by atoms with Gasteiger partial charge in [-0.1, -0.05) is 189 Å². The Hall–Kier alpha value is -3.67. The van der Waals surface area contributed by atoms with Crippen LogP contribution in [0, 0.1) is 0 Å². The molecule has 1 atom stereocenters. The number of esters is 3. The van der Waals surface area contributed by atoms with Crippen LogP contribution in [0.2, 0.25) is 0 Å². The molecule has 0 aromatic carbocycles. The molecular formula is C55H90O6. The summed E-state index contributed by atoms with van der Waals surface area (Å²) in [7, 11) is 0. The van der Waals surface area contributed by atoms with Crippen LogP contribution < -0.4 is 0 Å². The monoisotopic (exact) mass is 847 g/mol. The molecule has 0 fully saturated rings. The van der Waals surface area contributed by atoms with Gasteiger partial charge in [-0.2, -0.15) is 0 Å². The highest BCUT2D eigenvalue weighted by molar-refractivity contribution is 5.71. The van der Waals surface area contributed by atoms with E-state index in [0.29, 0.717) is 19.3 Å². The lowest BCUT2D eigenvalue weighted by atomic mass is 10.1. The van der Waals surface area contributed by atoms with Gasteiger partial charge in [0.05, 0.1) is 0 Å². The first kappa shape index (κ1) is 57.3. The largest absolute Gasteiger partial charge is 0.462 e. The highest BCUT2D eigenvalue weighted by atomic mass is 16.6. The normalized spacial score (nSPS) is 12.9. The predicted molar refractivity (Wildman–Crippen MR) is 260 cm³/mol. The Bertz CT molecular complexity index is 1250. The minimum Gasteiger partial charge on any atom is -0.462 e. The van der Waals surface area contributed by atoms with Crippen molar-refractivity contribution in [2.45, 2.75) is 219 Å². The van der Waals surface area contributed by atoms with Crippen molar-refractivity contribution < 1.29 is 28.6 Å². The van der Waals surface area contributed by atoms with Crippen molar-refractivity contribution in [2.75, 3.05) is 13.2 Å². The summed E-state index contributed by atoms with van der Waals surface area (Å²) >= 11 is 0. The molecule has 0 amide bonds. The van der Waals surface area contributed by atoms with E-state index in [1.54, 1.807) is 0 Å². The molecule has 0 bridgehead atoms. The summed E-state index contributed by atoms with van der Waals surface area (Å²) in [5.41, 5.74) is 0. The lowest BCUT2D eigenvalue weighted by Gasteiger charge is -2.18. The topological polar surface area (TPSA) is 78.9 Å². The maximum atomic E-state index is 12.8. The molecule has 6 nitrogen and oxygen atoms in total. The van der Waals surface area contributed by atoms with Crippen molar-refractivity contribution in [1.29, 1.82) is 0 Å². The molecule has 0 radical (unpaired) electrons. The molecule has 0 aromatic heterocycles. The van der Waals surface area contributed by atoms with Crippen molar-refractivity contribution in [3.05, 3.63) is 97.2 Å². The van der Waals surface area contributed by atoms with E-state index in [9.17, 15) is 14.4 Å². The van der Waals surface area contributed by atoms with Gasteiger partial charge in [0.1, 0.15) is 13.2 Å². The zero-order valence-electron chi connectivity index (χ0n) is 39.4. The van der Waals surface area contributed by atoms with Gasteiger partial charge >= 0.3 is 17.9 Å². The lowest BCUT2D eigenvalue weighted by molar-refractivity contribution is -0.167. The molecule has 61 heavy (non-hydrogen) atoms. The molecule has 0 aliphatic rings. The first-order chi connectivity index (χ1) is 30.0. The van der Waals surface area contributed by atoms with E-state index in [1.807, 2.05) is 0 Å². The van der Waals surface area contributed by atoms with Gasteiger partial charge in [-0.15, -0.1) is 0 Å². The van der Waals surface area contributed by atoms with Crippen LogP contribution >= 0.6 is 0 Å². The van der Waals surface area contributed by atoms with Crippen LogP contribution in [0.15, 0.2) is 97.2 Å². The Labute approximate surface area is 375 Å². The van der Waals surface area contributed by atoms with E-state index in [2.05, 4.69) is 118 Å². The Morgan fingerprint density at radius 2 is 0.705 bits per heavy atom. The third-order valence-corrected chi connectivity index (χ3v) is 10.1. The summed E-state index contributed by atoms with van der Waals surface area (Å²) < 4.78 is 16.7. The molecule has 0 aliphatic heterocycles. The van der Waals surface area contributed by atoms with Gasteiger partial charge in [0.2, 0.25) is 0 Å². The number of allylic oxidation sites excluding steroid dienone is 16. The molecule has 346 valence electrons. The van der Waals surface area contributed by atoms with Crippen molar-refractivity contribution in [1.82, 2.24) is 0 Å². The minimum absolute atomic E-state index is 0.105. The number of ether oxygens (including phenoxy) is 3. The summed E-state index contributed by atoms with van der Waals surface area (Å²) in [5, 5.41) is 0. The Morgan fingerprint density at radius 3 is 1.16 bits per heavy atom. The maximum Gasteiger partial charge on any atom is 0.306 e. The Morgan fingerprint density at radius 1 is 0.361 bits per heavy atom. The number of hydrogen-bond donors (Lipinski definition) is 0. The zero-order chi connectivity index (χ0) is 44.4. The van der Waals surface area contributed by atoms with Gasteiger partial charge in [0, 0.05) is 19.3 Å². The zero-order valence-corrected chi connectivity index (χ0v) is 39.4. The molecule has 0 N–H and O–H groups in total. The minimum atomic E-state index is -0.805. The highest BCUT2D eigenvalue weighted by Gasteiger charge is 2.19. The average Bonchev–Trinajstić information content (AvgIpc) is 3.26. The second kappa shape index (κ2) is 49.0. The highest BCUT2D eigenvalue weighted by Crippen LogP contribution is 2.13. The third kappa shape index (κ3) is 47.2. The van der Waals surface area contributed by atoms with Crippen LogP contribution in [0.4, 0.5) is 0 Å². The molecule has 0 saturated carbocycles. The smallest absolute Gasteiger partial charge is 0.306 e. The summed E-state index contributed by atoms with van der Waals surface area (Å²) in [6.07, 6.45) is 64.0. The number of carbonyl (C=O) groups excluding carboxylic acids is 3. The number of carbonyl (C=O) groups is 3. The number of rotatable bonds is 43. The summed E-state index contributed by atoms with van der Waals surface area (Å²) in [5.74, 6) is -0.981. The van der Waals surface area contributed by atoms with Gasteiger partial charge < -0.3 is 14.2 Å². The first-order valence-corrected chi connectivity index (χ1v) is 24.8. The van der Waals surface area contributed by atoms with E-state index in [1.165, 1.54) is 44.9 Å². The predicted octanol–water partition coefficient (Wildman–Crippen LogP) is 16.2. The van der Waals surface area contributed by atoms with E-state index < -0.39 is 6.10 Å². The first-order valence-electron chi connectivity index (χ1n) is 24.8. The molecule has 0 spiro atoms. The van der Waals surface area contributed by atoms with Crippen LogP contribution in [0.3, 0.4) is 0 Å².